The normalized spacial score (nSPS) is 11.7. The molecule has 0 saturated heterocycles. The highest BCUT2D eigenvalue weighted by Gasteiger charge is 2.22. The number of ether oxygens (including phenoxy) is 1. The number of carboxylic acid groups (broad SMARTS) is 1. The van der Waals surface area contributed by atoms with Crippen molar-refractivity contribution in [3.8, 4) is 17.2 Å². The largest absolute Gasteiger partial charge is 0.508 e. The summed E-state index contributed by atoms with van der Waals surface area (Å²) in [7, 11) is 0. The van der Waals surface area contributed by atoms with Gasteiger partial charge in [-0.05, 0) is 81.0 Å². The van der Waals surface area contributed by atoms with Gasteiger partial charge >= 0.3 is 5.97 Å². The van der Waals surface area contributed by atoms with Gasteiger partial charge in [0.2, 0.25) is 0 Å². The molecule has 33 heavy (non-hydrogen) atoms. The molecule has 11 heteroatoms. The van der Waals surface area contributed by atoms with Crippen molar-refractivity contribution in [2.75, 3.05) is 6.54 Å². The van der Waals surface area contributed by atoms with E-state index in [0.717, 1.165) is 5.56 Å². The Bertz CT molecular complexity index is 1030. The third kappa shape index (κ3) is 7.64. The zero-order valence-corrected chi connectivity index (χ0v) is 21.3. The summed E-state index contributed by atoms with van der Waals surface area (Å²) >= 11 is 6.81. The number of aromatic hydroxyl groups is 1. The number of hydrogen-bond donors (Lipinski definition) is 5. The lowest BCUT2D eigenvalue weighted by Gasteiger charge is -2.16. The van der Waals surface area contributed by atoms with E-state index in [4.69, 9.17) is 16.2 Å². The van der Waals surface area contributed by atoms with Crippen molar-refractivity contribution < 1.29 is 24.5 Å². The van der Waals surface area contributed by atoms with Crippen LogP contribution < -0.4 is 21.5 Å². The second-order valence-corrected chi connectivity index (χ2v) is 9.27. The van der Waals surface area contributed by atoms with E-state index >= 15 is 0 Å². The number of rotatable bonds is 10. The van der Waals surface area contributed by atoms with Crippen molar-refractivity contribution in [3.63, 3.8) is 0 Å². The summed E-state index contributed by atoms with van der Waals surface area (Å²) in [5, 5.41) is 21.9. The molecule has 0 aliphatic rings. The van der Waals surface area contributed by atoms with Crippen LogP contribution in [0.25, 0.3) is 0 Å². The molecule has 2 rings (SSSR count). The highest BCUT2D eigenvalue weighted by Crippen LogP contribution is 2.39. The third-order valence-electron chi connectivity index (χ3n) is 4.65. The molecule has 0 spiro atoms. The monoisotopic (exact) mass is 584 g/mol. The van der Waals surface area contributed by atoms with Crippen LogP contribution in [-0.4, -0.2) is 40.6 Å². The van der Waals surface area contributed by atoms with Crippen LogP contribution in [0.2, 0.25) is 0 Å². The van der Waals surface area contributed by atoms with Crippen molar-refractivity contribution in [3.05, 3.63) is 50.4 Å². The number of aliphatic imine (C=N–C) groups is 1. The standard InChI is InChI=1S/C22H26Br2N4O5/c1-11(2)14-10-13(5-6-18(14)29)33-19-15(23)8-12(9-16(19)24)20(30)28-17(21(31)32)4-3-7-27-22(25)26/h5-6,8-11,17,29H,3-4,7H2,1-2H3,(H,28,30)(H,31,32)(H4,25,26,27). The molecule has 0 aliphatic carbocycles. The topological polar surface area (TPSA) is 160 Å². The number of amides is 1. The van der Waals surface area contributed by atoms with Crippen LogP contribution in [0, 0.1) is 0 Å². The van der Waals surface area contributed by atoms with Crippen LogP contribution in [0.1, 0.15) is 48.5 Å². The van der Waals surface area contributed by atoms with Gasteiger partial charge in [-0.2, -0.15) is 0 Å². The summed E-state index contributed by atoms with van der Waals surface area (Å²) in [4.78, 5) is 28.0. The number of nitrogens with one attached hydrogen (secondary N) is 1. The molecular weight excluding hydrogens is 560 g/mol. The predicted octanol–water partition coefficient (Wildman–Crippen LogP) is 4.07. The number of carbonyl (C=O) groups excluding carboxylic acids is 1. The van der Waals surface area contributed by atoms with Gasteiger partial charge in [0, 0.05) is 17.7 Å². The number of nitrogens with two attached hydrogens (primary N) is 2. The molecule has 1 amide bonds. The molecule has 0 aromatic heterocycles. The van der Waals surface area contributed by atoms with Crippen LogP contribution in [-0.2, 0) is 4.79 Å². The maximum atomic E-state index is 12.7. The van der Waals surface area contributed by atoms with Crippen molar-refractivity contribution in [1.82, 2.24) is 5.32 Å². The maximum Gasteiger partial charge on any atom is 0.326 e. The van der Waals surface area contributed by atoms with Crippen LogP contribution >= 0.6 is 31.9 Å². The average molecular weight is 586 g/mol. The summed E-state index contributed by atoms with van der Waals surface area (Å²) in [6, 6.07) is 6.94. The fourth-order valence-electron chi connectivity index (χ4n) is 2.97. The first-order valence-corrected chi connectivity index (χ1v) is 11.7. The number of carboxylic acids is 1. The van der Waals surface area contributed by atoms with Gasteiger partial charge in [-0.25, -0.2) is 4.79 Å². The van der Waals surface area contributed by atoms with Crippen LogP contribution in [0.15, 0.2) is 44.3 Å². The third-order valence-corrected chi connectivity index (χ3v) is 5.83. The number of carbonyl (C=O) groups is 2. The van der Waals surface area contributed by atoms with E-state index in [1.165, 1.54) is 12.1 Å². The summed E-state index contributed by atoms with van der Waals surface area (Å²) < 4.78 is 6.93. The van der Waals surface area contributed by atoms with Gasteiger partial charge in [-0.1, -0.05) is 13.8 Å². The van der Waals surface area contributed by atoms with Gasteiger partial charge in [0.15, 0.2) is 11.7 Å². The number of phenols is 1. The van der Waals surface area contributed by atoms with Gasteiger partial charge in [-0.15, -0.1) is 0 Å². The molecule has 0 saturated carbocycles. The van der Waals surface area contributed by atoms with Crippen molar-refractivity contribution in [2.45, 2.75) is 38.6 Å². The summed E-state index contributed by atoms with van der Waals surface area (Å²) in [6.45, 7) is 4.19. The second kappa shape index (κ2) is 11.9. The Hall–Kier alpha value is -2.79. The predicted molar refractivity (Wildman–Crippen MR) is 133 cm³/mol. The fourth-order valence-corrected chi connectivity index (χ4v) is 4.32. The Labute approximate surface area is 208 Å². The number of halogens is 2. The molecule has 0 aliphatic heterocycles. The van der Waals surface area contributed by atoms with E-state index in [0.29, 0.717) is 26.9 Å². The minimum Gasteiger partial charge on any atom is -0.508 e. The van der Waals surface area contributed by atoms with Gasteiger partial charge in [0.05, 0.1) is 8.95 Å². The molecule has 0 bridgehead atoms. The van der Waals surface area contributed by atoms with Crippen molar-refractivity contribution in [1.29, 1.82) is 0 Å². The van der Waals surface area contributed by atoms with Gasteiger partial charge < -0.3 is 31.7 Å². The van der Waals surface area contributed by atoms with Gasteiger partial charge in [-0.3, -0.25) is 9.79 Å². The molecule has 0 radical (unpaired) electrons. The molecule has 2 aromatic carbocycles. The Morgan fingerprint density at radius 2 is 1.79 bits per heavy atom. The maximum absolute atomic E-state index is 12.7. The highest BCUT2D eigenvalue weighted by molar-refractivity contribution is 9.11. The van der Waals surface area contributed by atoms with E-state index in [9.17, 15) is 19.8 Å². The number of nitrogens with zero attached hydrogens (tertiary/aromatic N) is 1. The molecule has 178 valence electrons. The molecule has 2 aromatic rings. The Morgan fingerprint density at radius 3 is 2.33 bits per heavy atom. The average Bonchev–Trinajstić information content (AvgIpc) is 2.73. The molecule has 1 unspecified atom stereocenters. The lowest BCUT2D eigenvalue weighted by atomic mass is 10.0. The van der Waals surface area contributed by atoms with E-state index in [1.807, 2.05) is 13.8 Å². The minimum atomic E-state index is -1.15. The van der Waals surface area contributed by atoms with E-state index < -0.39 is 17.9 Å². The molecular formula is C22H26Br2N4O5. The van der Waals surface area contributed by atoms with Crippen LogP contribution in [0.4, 0.5) is 0 Å². The molecule has 0 heterocycles. The molecule has 7 N–H and O–H groups in total. The minimum absolute atomic E-state index is 0.0735. The van der Waals surface area contributed by atoms with E-state index in [-0.39, 0.29) is 36.2 Å². The summed E-state index contributed by atoms with van der Waals surface area (Å²) in [6.07, 6.45) is 0.556. The van der Waals surface area contributed by atoms with Crippen LogP contribution in [0.3, 0.4) is 0 Å². The summed E-state index contributed by atoms with van der Waals surface area (Å²) in [5.41, 5.74) is 11.5. The Morgan fingerprint density at radius 1 is 1.15 bits per heavy atom. The number of phenolic OH excluding ortho intramolecular Hbond substituents is 1. The zero-order chi connectivity index (χ0) is 24.7. The van der Waals surface area contributed by atoms with Crippen molar-refractivity contribution >= 4 is 49.7 Å². The fraction of sp³-hybridized carbons (Fsp3) is 0.318. The quantitative estimate of drug-likeness (QED) is 0.159. The molecule has 9 nitrogen and oxygen atoms in total. The SMILES string of the molecule is CC(C)c1cc(Oc2c(Br)cc(C(=O)NC(CCCN=C(N)N)C(=O)O)cc2Br)ccc1O. The number of guanidine groups is 1. The van der Waals surface area contributed by atoms with Crippen molar-refractivity contribution in [2.24, 2.45) is 16.5 Å². The number of aliphatic carboxylic acids is 1. The Kier molecular flexibility index (Phi) is 9.54. The lowest BCUT2D eigenvalue weighted by Crippen LogP contribution is -2.40. The van der Waals surface area contributed by atoms with E-state index in [2.05, 4.69) is 42.2 Å². The zero-order valence-electron chi connectivity index (χ0n) is 18.1. The summed E-state index contributed by atoms with van der Waals surface area (Å²) in [5.74, 6) is -0.540. The van der Waals surface area contributed by atoms with E-state index in [1.54, 1.807) is 18.2 Å². The second-order valence-electron chi connectivity index (χ2n) is 7.56. The smallest absolute Gasteiger partial charge is 0.326 e. The van der Waals surface area contributed by atoms with Crippen LogP contribution in [0.5, 0.6) is 17.2 Å². The Balaban J connectivity index is 2.16. The number of benzene rings is 2. The van der Waals surface area contributed by atoms with Gasteiger partial charge in [0.1, 0.15) is 17.5 Å². The highest BCUT2D eigenvalue weighted by atomic mass is 79.9. The lowest BCUT2D eigenvalue weighted by molar-refractivity contribution is -0.139. The molecule has 1 atom stereocenters. The first-order valence-electron chi connectivity index (χ1n) is 10.1. The molecule has 0 fully saturated rings. The van der Waals surface area contributed by atoms with Gasteiger partial charge in [0.25, 0.3) is 5.91 Å². The first kappa shape index (κ1) is 26.5. The number of hydrogen-bond acceptors (Lipinski definition) is 5. The first-order chi connectivity index (χ1) is 15.5.